The summed E-state index contributed by atoms with van der Waals surface area (Å²) in [4.78, 5) is 24.7. The van der Waals surface area contributed by atoms with Crippen molar-refractivity contribution in [2.45, 2.75) is 6.54 Å². The van der Waals surface area contributed by atoms with Gasteiger partial charge < -0.3 is 15.4 Å². The molecule has 3 aromatic rings. The standard InChI is InChI=1S/C22H18BrClN2O3/c23-16-7-11-18(12-8-16)26-21(27)14-29-20-4-2-1-3-19(20)22(28)25-13-15-5-9-17(24)10-6-15/h1-12H,13-14H2,(H,25,28)(H,26,27). The first kappa shape index (κ1) is 20.9. The van der Waals surface area contributed by atoms with Crippen LogP contribution in [-0.2, 0) is 11.3 Å². The molecule has 5 nitrogen and oxygen atoms in total. The van der Waals surface area contributed by atoms with Crippen LogP contribution in [0.1, 0.15) is 15.9 Å². The molecule has 3 aromatic carbocycles. The number of anilines is 1. The van der Waals surface area contributed by atoms with Crippen molar-refractivity contribution in [1.82, 2.24) is 5.32 Å². The minimum absolute atomic E-state index is 0.211. The Morgan fingerprint density at radius 3 is 2.34 bits per heavy atom. The summed E-state index contributed by atoms with van der Waals surface area (Å²) in [5, 5.41) is 6.22. The second-order valence-corrected chi connectivity index (χ2v) is 7.50. The lowest BCUT2D eigenvalue weighted by atomic mass is 10.1. The van der Waals surface area contributed by atoms with Gasteiger partial charge in [-0.05, 0) is 54.1 Å². The molecule has 0 fully saturated rings. The van der Waals surface area contributed by atoms with E-state index in [1.165, 1.54) is 0 Å². The third-order valence-electron chi connectivity index (χ3n) is 3.98. The predicted molar refractivity (Wildman–Crippen MR) is 117 cm³/mol. The number of amides is 2. The molecule has 0 aliphatic heterocycles. The maximum atomic E-state index is 12.6. The van der Waals surface area contributed by atoms with E-state index in [1.807, 2.05) is 24.3 Å². The van der Waals surface area contributed by atoms with Gasteiger partial charge in [0, 0.05) is 21.7 Å². The van der Waals surface area contributed by atoms with Gasteiger partial charge in [0.1, 0.15) is 5.75 Å². The highest BCUT2D eigenvalue weighted by atomic mass is 79.9. The van der Waals surface area contributed by atoms with Crippen molar-refractivity contribution in [3.63, 3.8) is 0 Å². The van der Waals surface area contributed by atoms with Crippen LogP contribution in [0, 0.1) is 0 Å². The zero-order chi connectivity index (χ0) is 20.6. The van der Waals surface area contributed by atoms with Crippen molar-refractivity contribution < 1.29 is 14.3 Å². The Balaban J connectivity index is 1.57. The van der Waals surface area contributed by atoms with Crippen LogP contribution < -0.4 is 15.4 Å². The number of para-hydroxylation sites is 1. The molecule has 0 atom stereocenters. The van der Waals surface area contributed by atoms with E-state index in [2.05, 4.69) is 26.6 Å². The Morgan fingerprint density at radius 2 is 1.62 bits per heavy atom. The molecule has 0 aliphatic carbocycles. The van der Waals surface area contributed by atoms with E-state index in [1.54, 1.807) is 48.5 Å². The summed E-state index contributed by atoms with van der Waals surface area (Å²) in [6.45, 7) is 0.145. The van der Waals surface area contributed by atoms with Gasteiger partial charge in [-0.25, -0.2) is 0 Å². The molecule has 0 saturated carbocycles. The van der Waals surface area contributed by atoms with Crippen LogP contribution in [0.4, 0.5) is 5.69 Å². The molecule has 0 unspecified atom stereocenters. The number of carbonyl (C=O) groups is 2. The third kappa shape index (κ3) is 6.34. The van der Waals surface area contributed by atoms with Crippen molar-refractivity contribution in [2.75, 3.05) is 11.9 Å². The van der Waals surface area contributed by atoms with Crippen molar-refractivity contribution >= 4 is 45.0 Å². The predicted octanol–water partition coefficient (Wildman–Crippen LogP) is 5.05. The highest BCUT2D eigenvalue weighted by Crippen LogP contribution is 2.19. The molecule has 3 rings (SSSR count). The van der Waals surface area contributed by atoms with Gasteiger partial charge in [0.2, 0.25) is 0 Å². The van der Waals surface area contributed by atoms with E-state index in [0.29, 0.717) is 28.6 Å². The molecule has 2 amide bonds. The molecule has 0 heterocycles. The summed E-state index contributed by atoms with van der Waals surface area (Å²) < 4.78 is 6.51. The Labute approximate surface area is 182 Å². The van der Waals surface area contributed by atoms with E-state index in [9.17, 15) is 9.59 Å². The molecule has 0 spiro atoms. The summed E-state index contributed by atoms with van der Waals surface area (Å²) in [6, 6.07) is 21.2. The number of halogens is 2. The monoisotopic (exact) mass is 472 g/mol. The highest BCUT2D eigenvalue weighted by molar-refractivity contribution is 9.10. The van der Waals surface area contributed by atoms with Gasteiger partial charge in [0.05, 0.1) is 5.56 Å². The first-order valence-electron chi connectivity index (χ1n) is 8.81. The lowest BCUT2D eigenvalue weighted by Crippen LogP contribution is -2.25. The minimum atomic E-state index is -0.316. The maximum Gasteiger partial charge on any atom is 0.262 e. The Kier molecular flexibility index (Phi) is 7.27. The van der Waals surface area contributed by atoms with Crippen LogP contribution in [0.15, 0.2) is 77.3 Å². The van der Waals surface area contributed by atoms with Crippen LogP contribution in [0.3, 0.4) is 0 Å². The summed E-state index contributed by atoms with van der Waals surface area (Å²) >= 11 is 9.21. The molecule has 0 aromatic heterocycles. The zero-order valence-corrected chi connectivity index (χ0v) is 17.7. The number of hydrogen-bond acceptors (Lipinski definition) is 3. The van der Waals surface area contributed by atoms with E-state index in [-0.39, 0.29) is 18.4 Å². The van der Waals surface area contributed by atoms with Gasteiger partial charge in [-0.3, -0.25) is 9.59 Å². The lowest BCUT2D eigenvalue weighted by molar-refractivity contribution is -0.118. The fraction of sp³-hybridized carbons (Fsp3) is 0.0909. The fourth-order valence-corrected chi connectivity index (χ4v) is 2.92. The number of nitrogens with one attached hydrogen (secondary N) is 2. The summed E-state index contributed by atoms with van der Waals surface area (Å²) in [5.74, 6) is -0.264. The van der Waals surface area contributed by atoms with Gasteiger partial charge >= 0.3 is 0 Å². The van der Waals surface area contributed by atoms with E-state index >= 15 is 0 Å². The Bertz CT molecular complexity index is 992. The van der Waals surface area contributed by atoms with E-state index in [0.717, 1.165) is 10.0 Å². The largest absolute Gasteiger partial charge is 0.483 e. The van der Waals surface area contributed by atoms with E-state index < -0.39 is 0 Å². The second-order valence-electron chi connectivity index (χ2n) is 6.15. The number of benzene rings is 3. The van der Waals surface area contributed by atoms with E-state index in [4.69, 9.17) is 16.3 Å². The van der Waals surface area contributed by atoms with Crippen molar-refractivity contribution in [2.24, 2.45) is 0 Å². The molecule has 0 radical (unpaired) electrons. The van der Waals surface area contributed by atoms with Crippen LogP contribution in [0.2, 0.25) is 5.02 Å². The van der Waals surface area contributed by atoms with Gasteiger partial charge in [-0.2, -0.15) is 0 Å². The highest BCUT2D eigenvalue weighted by Gasteiger charge is 2.13. The molecular weight excluding hydrogens is 456 g/mol. The van der Waals surface area contributed by atoms with Crippen molar-refractivity contribution in [1.29, 1.82) is 0 Å². The van der Waals surface area contributed by atoms with Crippen LogP contribution >= 0.6 is 27.5 Å². The average molecular weight is 474 g/mol. The molecule has 148 valence electrons. The zero-order valence-electron chi connectivity index (χ0n) is 15.3. The lowest BCUT2D eigenvalue weighted by Gasteiger charge is -2.12. The molecule has 0 bridgehead atoms. The SMILES string of the molecule is O=C(COc1ccccc1C(=O)NCc1ccc(Cl)cc1)Nc1ccc(Br)cc1. The summed E-state index contributed by atoms with van der Waals surface area (Å²) in [6.07, 6.45) is 0. The topological polar surface area (TPSA) is 67.4 Å². The molecule has 0 saturated heterocycles. The maximum absolute atomic E-state index is 12.6. The molecular formula is C22H18BrClN2O3. The number of hydrogen-bond donors (Lipinski definition) is 2. The number of ether oxygens (including phenoxy) is 1. The van der Waals surface area contributed by atoms with Gasteiger partial charge in [-0.15, -0.1) is 0 Å². The Hall–Kier alpha value is -2.83. The van der Waals surface area contributed by atoms with Gasteiger partial charge in [0.25, 0.3) is 11.8 Å². The first-order valence-corrected chi connectivity index (χ1v) is 9.98. The smallest absolute Gasteiger partial charge is 0.262 e. The average Bonchev–Trinajstić information content (AvgIpc) is 2.73. The number of carbonyl (C=O) groups excluding carboxylic acids is 2. The van der Waals surface area contributed by atoms with Crippen molar-refractivity contribution in [3.05, 3.63) is 93.4 Å². The van der Waals surface area contributed by atoms with Gasteiger partial charge in [-0.1, -0.05) is 51.8 Å². The molecule has 7 heteroatoms. The molecule has 2 N–H and O–H groups in total. The quantitative estimate of drug-likeness (QED) is 0.505. The third-order valence-corrected chi connectivity index (χ3v) is 4.77. The molecule has 29 heavy (non-hydrogen) atoms. The fourth-order valence-electron chi connectivity index (χ4n) is 2.53. The number of rotatable bonds is 7. The van der Waals surface area contributed by atoms with Crippen LogP contribution in [0.25, 0.3) is 0 Å². The van der Waals surface area contributed by atoms with Crippen LogP contribution in [-0.4, -0.2) is 18.4 Å². The van der Waals surface area contributed by atoms with Crippen LogP contribution in [0.5, 0.6) is 5.75 Å². The summed E-state index contributed by atoms with van der Waals surface area (Å²) in [5.41, 5.74) is 1.95. The second kappa shape index (κ2) is 10.1. The van der Waals surface area contributed by atoms with Crippen molar-refractivity contribution in [3.8, 4) is 5.75 Å². The Morgan fingerprint density at radius 1 is 0.931 bits per heavy atom. The van der Waals surface area contributed by atoms with Gasteiger partial charge in [0.15, 0.2) is 6.61 Å². The first-order chi connectivity index (χ1) is 14.0. The normalized spacial score (nSPS) is 10.3. The summed E-state index contributed by atoms with van der Waals surface area (Å²) in [7, 11) is 0. The minimum Gasteiger partial charge on any atom is -0.483 e. The molecule has 0 aliphatic rings.